The number of carboxylic acid groups (broad SMARTS) is 2. The van der Waals surface area contributed by atoms with Crippen LogP contribution in [0.3, 0.4) is 0 Å². The second kappa shape index (κ2) is 14.6. The Labute approximate surface area is 213 Å². The van der Waals surface area contributed by atoms with Gasteiger partial charge in [0.25, 0.3) is 0 Å². The van der Waals surface area contributed by atoms with E-state index in [9.17, 15) is 29.1 Å². The molecule has 0 spiro atoms. The monoisotopic (exact) mass is 518 g/mol. The fraction of sp³-hybridized carbons (Fsp3) is 0.458. The van der Waals surface area contributed by atoms with Crippen molar-refractivity contribution in [3.63, 3.8) is 0 Å². The molecule has 0 bridgehead atoms. The van der Waals surface area contributed by atoms with Crippen LogP contribution in [0.25, 0.3) is 10.9 Å². The number of hydrogen-bond donors (Lipinski definition) is 8. The molecule has 1 aromatic carbocycles. The maximum absolute atomic E-state index is 12.6. The smallest absolute Gasteiger partial charge is 0.326 e. The van der Waals surface area contributed by atoms with E-state index in [4.69, 9.17) is 16.6 Å². The van der Waals surface area contributed by atoms with Crippen LogP contribution in [0, 0.1) is 0 Å². The molecule has 0 fully saturated rings. The SMILES string of the molecule is NCCCCC(N)C(=O)NC(CCC(=O)O)C(=O)NCC(=O)NC(Cc1c[nH]c2ccccc12)C(=O)O. The lowest BCUT2D eigenvalue weighted by atomic mass is 10.0. The number of benzene rings is 1. The van der Waals surface area contributed by atoms with Gasteiger partial charge in [-0.1, -0.05) is 24.6 Å². The molecule has 0 radical (unpaired) electrons. The van der Waals surface area contributed by atoms with Crippen LogP contribution in [0.1, 0.15) is 37.7 Å². The minimum atomic E-state index is -1.25. The Kier molecular flexibility index (Phi) is 11.5. The van der Waals surface area contributed by atoms with Crippen molar-refractivity contribution in [1.29, 1.82) is 0 Å². The number of unbranched alkanes of at least 4 members (excludes halogenated alkanes) is 1. The highest BCUT2D eigenvalue weighted by Crippen LogP contribution is 2.19. The van der Waals surface area contributed by atoms with Gasteiger partial charge in [-0.05, 0) is 37.4 Å². The summed E-state index contributed by atoms with van der Waals surface area (Å²) in [5.74, 6) is -4.60. The average molecular weight is 519 g/mol. The first-order valence-corrected chi connectivity index (χ1v) is 11.9. The minimum absolute atomic E-state index is 0.0123. The Bertz CT molecular complexity index is 1100. The van der Waals surface area contributed by atoms with E-state index in [0.29, 0.717) is 31.4 Å². The molecule has 3 amide bonds. The highest BCUT2D eigenvalue weighted by atomic mass is 16.4. The van der Waals surface area contributed by atoms with E-state index in [0.717, 1.165) is 10.9 Å². The Balaban J connectivity index is 1.95. The number of nitrogens with one attached hydrogen (secondary N) is 4. The zero-order valence-electron chi connectivity index (χ0n) is 20.4. The highest BCUT2D eigenvalue weighted by Gasteiger charge is 2.26. The molecule has 2 aromatic rings. The molecule has 0 aliphatic heterocycles. The number of hydrogen-bond acceptors (Lipinski definition) is 7. The van der Waals surface area contributed by atoms with Crippen molar-refractivity contribution in [2.45, 2.75) is 56.7 Å². The van der Waals surface area contributed by atoms with Crippen LogP contribution < -0.4 is 27.4 Å². The van der Waals surface area contributed by atoms with Crippen LogP contribution in [0.5, 0.6) is 0 Å². The maximum atomic E-state index is 12.6. The second-order valence-corrected chi connectivity index (χ2v) is 8.62. The highest BCUT2D eigenvalue weighted by molar-refractivity contribution is 5.93. The van der Waals surface area contributed by atoms with Crippen molar-refractivity contribution in [3.8, 4) is 0 Å². The van der Waals surface area contributed by atoms with Gasteiger partial charge in [-0.15, -0.1) is 0 Å². The first kappa shape index (κ1) is 29.3. The molecule has 0 saturated heterocycles. The van der Waals surface area contributed by atoms with Crippen molar-refractivity contribution >= 4 is 40.6 Å². The fourth-order valence-electron chi connectivity index (χ4n) is 3.71. The summed E-state index contributed by atoms with van der Waals surface area (Å²) in [6.45, 7) is -0.122. The summed E-state index contributed by atoms with van der Waals surface area (Å²) < 4.78 is 0. The van der Waals surface area contributed by atoms with Gasteiger partial charge in [0, 0.05) is 29.9 Å². The number of carbonyl (C=O) groups excluding carboxylic acids is 3. The van der Waals surface area contributed by atoms with E-state index in [1.54, 1.807) is 6.20 Å². The Morgan fingerprint density at radius 2 is 1.68 bits per heavy atom. The van der Waals surface area contributed by atoms with Crippen molar-refractivity contribution in [3.05, 3.63) is 36.0 Å². The summed E-state index contributed by atoms with van der Waals surface area (Å²) in [5.41, 5.74) is 12.8. The number of aromatic nitrogens is 1. The topological polar surface area (TPSA) is 230 Å². The first-order valence-electron chi connectivity index (χ1n) is 11.9. The van der Waals surface area contributed by atoms with Crippen LogP contribution in [0.4, 0.5) is 0 Å². The second-order valence-electron chi connectivity index (χ2n) is 8.62. The summed E-state index contributed by atoms with van der Waals surface area (Å²) in [5, 5.41) is 26.5. The van der Waals surface area contributed by atoms with Crippen molar-refractivity contribution in [2.24, 2.45) is 11.5 Å². The lowest BCUT2D eigenvalue weighted by molar-refractivity contribution is -0.141. The molecule has 13 nitrogen and oxygen atoms in total. The number of para-hydroxylation sites is 1. The van der Waals surface area contributed by atoms with E-state index in [1.165, 1.54) is 0 Å². The maximum Gasteiger partial charge on any atom is 0.326 e. The van der Waals surface area contributed by atoms with Crippen LogP contribution in [0.15, 0.2) is 30.5 Å². The molecule has 1 aromatic heterocycles. The van der Waals surface area contributed by atoms with Crippen LogP contribution in [-0.4, -0.2) is 76.1 Å². The Morgan fingerprint density at radius 3 is 2.35 bits per heavy atom. The van der Waals surface area contributed by atoms with Gasteiger partial charge in [0.2, 0.25) is 17.7 Å². The van der Waals surface area contributed by atoms with Crippen molar-refractivity contribution in [2.75, 3.05) is 13.1 Å². The number of carboxylic acids is 2. The zero-order valence-corrected chi connectivity index (χ0v) is 20.4. The van der Waals surface area contributed by atoms with Gasteiger partial charge < -0.3 is 42.6 Å². The molecule has 37 heavy (non-hydrogen) atoms. The average Bonchev–Trinajstić information content (AvgIpc) is 3.27. The predicted molar refractivity (Wildman–Crippen MR) is 134 cm³/mol. The Hall–Kier alpha value is -3.97. The van der Waals surface area contributed by atoms with Gasteiger partial charge in [-0.25, -0.2) is 4.79 Å². The van der Waals surface area contributed by atoms with Gasteiger partial charge in [0.1, 0.15) is 12.1 Å². The van der Waals surface area contributed by atoms with E-state index < -0.39 is 60.8 Å². The molecule has 1 heterocycles. The molecule has 3 atom stereocenters. The van der Waals surface area contributed by atoms with Crippen LogP contribution in [0.2, 0.25) is 0 Å². The molecular weight excluding hydrogens is 484 g/mol. The van der Waals surface area contributed by atoms with Crippen molar-refractivity contribution < 1.29 is 34.2 Å². The van der Waals surface area contributed by atoms with Crippen LogP contribution in [-0.2, 0) is 30.4 Å². The number of aliphatic carboxylic acids is 2. The van der Waals surface area contributed by atoms with E-state index in [1.807, 2.05) is 24.3 Å². The molecule has 0 aliphatic carbocycles. The van der Waals surface area contributed by atoms with Gasteiger partial charge in [-0.2, -0.15) is 0 Å². The molecule has 13 heteroatoms. The third-order valence-electron chi connectivity index (χ3n) is 5.74. The molecule has 0 aliphatic rings. The summed E-state index contributed by atoms with van der Waals surface area (Å²) in [6.07, 6.45) is 2.69. The normalized spacial score (nSPS) is 13.4. The fourth-order valence-corrected chi connectivity index (χ4v) is 3.71. The molecule has 10 N–H and O–H groups in total. The summed E-state index contributed by atoms with van der Waals surface area (Å²) in [4.78, 5) is 63.2. The quantitative estimate of drug-likeness (QED) is 0.130. The number of nitrogens with two attached hydrogens (primary N) is 2. The minimum Gasteiger partial charge on any atom is -0.481 e. The van der Waals surface area contributed by atoms with Gasteiger partial charge in [0.15, 0.2) is 0 Å². The molecule has 0 saturated carbocycles. The molecule has 3 unspecified atom stereocenters. The number of amides is 3. The predicted octanol–water partition coefficient (Wildman–Crippen LogP) is -0.798. The number of aromatic amines is 1. The number of carbonyl (C=O) groups is 5. The first-order chi connectivity index (χ1) is 17.6. The number of fused-ring (bicyclic) bond motifs is 1. The van der Waals surface area contributed by atoms with Gasteiger partial charge in [0.05, 0.1) is 12.6 Å². The zero-order chi connectivity index (χ0) is 27.4. The van der Waals surface area contributed by atoms with Crippen molar-refractivity contribution in [1.82, 2.24) is 20.9 Å². The lowest BCUT2D eigenvalue weighted by Crippen LogP contribution is -2.53. The summed E-state index contributed by atoms with van der Waals surface area (Å²) >= 11 is 0. The van der Waals surface area contributed by atoms with E-state index in [2.05, 4.69) is 20.9 Å². The van der Waals surface area contributed by atoms with Crippen LogP contribution >= 0.6 is 0 Å². The van der Waals surface area contributed by atoms with Gasteiger partial charge in [-0.3, -0.25) is 19.2 Å². The van der Waals surface area contributed by atoms with E-state index >= 15 is 0 Å². The largest absolute Gasteiger partial charge is 0.481 e. The standard InChI is InChI=1S/C24H34N6O7/c25-10-4-3-6-16(26)22(34)30-18(8-9-21(32)33)23(35)28-13-20(31)29-19(24(36)37)11-14-12-27-17-7-2-1-5-15(14)17/h1-2,5,7,12,16,18-19,27H,3-4,6,8-11,13,25-26H2,(H,28,35)(H,29,31)(H,30,34)(H,32,33)(H,36,37). The summed E-state index contributed by atoms with van der Waals surface area (Å²) in [7, 11) is 0. The molecule has 2 rings (SSSR count). The number of H-pyrrole nitrogens is 1. The third kappa shape index (κ3) is 9.54. The van der Waals surface area contributed by atoms with Gasteiger partial charge >= 0.3 is 11.9 Å². The molecular formula is C24H34N6O7. The van der Waals surface area contributed by atoms with E-state index in [-0.39, 0.29) is 12.8 Å². The third-order valence-corrected chi connectivity index (χ3v) is 5.74. The lowest BCUT2D eigenvalue weighted by Gasteiger charge is -2.20. The Morgan fingerprint density at radius 1 is 0.946 bits per heavy atom. The summed E-state index contributed by atoms with van der Waals surface area (Å²) in [6, 6.07) is 3.93. The molecule has 202 valence electrons. The number of rotatable bonds is 16.